The van der Waals surface area contributed by atoms with Crippen LogP contribution in [0.15, 0.2) is 58.4 Å². The summed E-state index contributed by atoms with van der Waals surface area (Å²) in [6.45, 7) is 5.39. The van der Waals surface area contributed by atoms with Crippen molar-refractivity contribution < 1.29 is 23.9 Å². The zero-order chi connectivity index (χ0) is 28.1. The molecule has 2 aromatic carbocycles. The highest BCUT2D eigenvalue weighted by molar-refractivity contribution is 8.00. The lowest BCUT2D eigenvalue weighted by Crippen LogP contribution is -2.41. The number of carbonyl (C=O) groups excluding carboxylic acids is 4. The Labute approximate surface area is 237 Å². The molecule has 12 heteroatoms. The lowest BCUT2D eigenvalue weighted by atomic mass is 9.76. The van der Waals surface area contributed by atoms with Crippen LogP contribution in [-0.4, -0.2) is 40.1 Å². The van der Waals surface area contributed by atoms with Crippen molar-refractivity contribution in [1.82, 2.24) is 4.57 Å². The SMILES string of the molecule is CCOC(=O)c1ccc(N2C(=O)[C@H]3Sc4c(sc(=O)n4CC(=O)Nc4ccc(Cl)cc4)C(C)(C)[C@H]3C2=O)cc1. The number of amides is 3. The molecule has 1 fully saturated rings. The first-order valence-electron chi connectivity index (χ1n) is 12.1. The number of ether oxygens (including phenoxy) is 1. The lowest BCUT2D eigenvalue weighted by molar-refractivity contribution is -0.123. The van der Waals surface area contributed by atoms with Gasteiger partial charge in [0.15, 0.2) is 0 Å². The highest BCUT2D eigenvalue weighted by Gasteiger charge is 2.59. The minimum absolute atomic E-state index is 0.233. The van der Waals surface area contributed by atoms with Crippen LogP contribution in [0.2, 0.25) is 5.02 Å². The number of carbonyl (C=O) groups is 4. The van der Waals surface area contributed by atoms with Crippen LogP contribution in [0.1, 0.15) is 36.0 Å². The second-order valence-electron chi connectivity index (χ2n) is 9.66. The topological polar surface area (TPSA) is 115 Å². The second kappa shape index (κ2) is 10.3. The van der Waals surface area contributed by atoms with E-state index >= 15 is 0 Å². The Morgan fingerprint density at radius 3 is 2.33 bits per heavy atom. The molecule has 1 N–H and O–H groups in total. The maximum atomic E-state index is 13.6. The molecule has 0 spiro atoms. The summed E-state index contributed by atoms with van der Waals surface area (Å²) in [4.78, 5) is 66.5. The van der Waals surface area contributed by atoms with E-state index in [1.54, 1.807) is 43.3 Å². The van der Waals surface area contributed by atoms with Crippen LogP contribution in [0.3, 0.4) is 0 Å². The van der Waals surface area contributed by atoms with E-state index in [2.05, 4.69) is 5.32 Å². The summed E-state index contributed by atoms with van der Waals surface area (Å²) in [5.74, 6) is -2.38. The number of benzene rings is 2. The summed E-state index contributed by atoms with van der Waals surface area (Å²) in [7, 11) is 0. The number of fused-ring (bicyclic) bond motifs is 2. The Morgan fingerprint density at radius 2 is 1.69 bits per heavy atom. The number of esters is 1. The molecule has 5 rings (SSSR count). The number of halogens is 1. The number of imide groups is 1. The number of thiazole rings is 1. The summed E-state index contributed by atoms with van der Waals surface area (Å²) in [6.07, 6.45) is 0. The predicted molar refractivity (Wildman–Crippen MR) is 150 cm³/mol. The number of rotatable bonds is 6. The van der Waals surface area contributed by atoms with Crippen molar-refractivity contribution >= 4 is 69.8 Å². The van der Waals surface area contributed by atoms with Crippen molar-refractivity contribution in [2.75, 3.05) is 16.8 Å². The number of nitrogens with one attached hydrogen (secondary N) is 1. The first-order valence-corrected chi connectivity index (χ1v) is 14.2. The molecule has 3 heterocycles. The molecule has 0 bridgehead atoms. The number of anilines is 2. The molecule has 0 radical (unpaired) electrons. The Balaban J connectivity index is 1.42. The van der Waals surface area contributed by atoms with Gasteiger partial charge in [-0.05, 0) is 55.5 Å². The maximum absolute atomic E-state index is 13.6. The van der Waals surface area contributed by atoms with Crippen LogP contribution in [0.5, 0.6) is 0 Å². The van der Waals surface area contributed by atoms with E-state index in [9.17, 15) is 24.0 Å². The molecule has 0 unspecified atom stereocenters. The standard InChI is InChI=1S/C27H24ClN3O6S2/c1-4-37-25(35)14-5-11-17(12-6-14)31-22(33)19-20(23(31)34)38-24-21(27(19,2)3)39-26(36)30(24)13-18(32)29-16-9-7-15(28)8-10-16/h5-12,19-20H,4,13H2,1-3H3,(H,29,32)/t19-,20+/m1/s1. The van der Waals surface area contributed by atoms with Crippen LogP contribution >= 0.6 is 34.7 Å². The third-order valence-corrected chi connectivity index (χ3v) is 9.85. The van der Waals surface area contributed by atoms with Crippen molar-refractivity contribution in [2.24, 2.45) is 5.92 Å². The Bertz CT molecular complexity index is 1540. The van der Waals surface area contributed by atoms with Crippen LogP contribution in [0.25, 0.3) is 0 Å². The molecule has 3 amide bonds. The zero-order valence-electron chi connectivity index (χ0n) is 21.2. The van der Waals surface area contributed by atoms with Crippen molar-refractivity contribution in [3.63, 3.8) is 0 Å². The van der Waals surface area contributed by atoms with Gasteiger partial charge in [0.1, 0.15) is 11.8 Å². The van der Waals surface area contributed by atoms with E-state index in [0.29, 0.717) is 31.9 Å². The second-order valence-corrected chi connectivity index (χ2v) is 12.2. The molecule has 0 aliphatic carbocycles. The van der Waals surface area contributed by atoms with Crippen molar-refractivity contribution in [3.8, 4) is 0 Å². The fraction of sp³-hybridized carbons (Fsp3) is 0.296. The van der Waals surface area contributed by atoms with Gasteiger partial charge in [-0.3, -0.25) is 23.7 Å². The number of hydrogen-bond acceptors (Lipinski definition) is 8. The Morgan fingerprint density at radius 1 is 1.03 bits per heavy atom. The minimum Gasteiger partial charge on any atom is -0.462 e. The number of hydrogen-bond donors (Lipinski definition) is 1. The molecule has 1 aromatic heterocycles. The molecule has 2 atom stereocenters. The first kappa shape index (κ1) is 27.2. The maximum Gasteiger partial charge on any atom is 0.338 e. The number of nitrogens with zero attached hydrogens (tertiary/aromatic N) is 2. The van der Waals surface area contributed by atoms with Gasteiger partial charge in [-0.25, -0.2) is 9.69 Å². The Kier molecular flexibility index (Phi) is 7.17. The normalized spacial score (nSPS) is 19.4. The summed E-state index contributed by atoms with van der Waals surface area (Å²) < 4.78 is 6.37. The Hall–Kier alpha value is -3.41. The molecule has 202 valence electrons. The first-order chi connectivity index (χ1) is 18.5. The van der Waals surface area contributed by atoms with Gasteiger partial charge >= 0.3 is 10.8 Å². The molecule has 1 saturated heterocycles. The smallest absolute Gasteiger partial charge is 0.338 e. The van der Waals surface area contributed by atoms with E-state index in [1.807, 2.05) is 13.8 Å². The van der Waals surface area contributed by atoms with Gasteiger partial charge < -0.3 is 10.1 Å². The van der Waals surface area contributed by atoms with Gasteiger partial charge in [0.25, 0.3) is 0 Å². The number of thioether (sulfide) groups is 1. The van der Waals surface area contributed by atoms with E-state index in [1.165, 1.54) is 16.7 Å². The third-order valence-electron chi connectivity index (χ3n) is 6.77. The van der Waals surface area contributed by atoms with Gasteiger partial charge in [-0.15, -0.1) is 0 Å². The molecular formula is C27H24ClN3O6S2. The fourth-order valence-electron chi connectivity index (χ4n) is 4.86. The molecule has 9 nitrogen and oxygen atoms in total. The van der Waals surface area contributed by atoms with Gasteiger partial charge in [0, 0.05) is 21.0 Å². The van der Waals surface area contributed by atoms with E-state index < -0.39 is 34.4 Å². The molecule has 3 aromatic rings. The van der Waals surface area contributed by atoms with Crippen LogP contribution < -0.4 is 15.1 Å². The summed E-state index contributed by atoms with van der Waals surface area (Å²) in [5.41, 5.74) is 0.372. The quantitative estimate of drug-likeness (QED) is 0.338. The van der Waals surface area contributed by atoms with Crippen molar-refractivity contribution in [2.45, 2.75) is 43.0 Å². The highest BCUT2D eigenvalue weighted by Crippen LogP contribution is 2.54. The predicted octanol–water partition coefficient (Wildman–Crippen LogP) is 4.32. The van der Waals surface area contributed by atoms with Crippen molar-refractivity contribution in [1.29, 1.82) is 0 Å². The molecular weight excluding hydrogens is 562 g/mol. The average molecular weight is 586 g/mol. The van der Waals surface area contributed by atoms with E-state index in [0.717, 1.165) is 28.0 Å². The summed E-state index contributed by atoms with van der Waals surface area (Å²) >= 11 is 8.03. The lowest BCUT2D eigenvalue weighted by Gasteiger charge is -2.36. The molecule has 2 aliphatic heterocycles. The van der Waals surface area contributed by atoms with E-state index in [4.69, 9.17) is 16.3 Å². The van der Waals surface area contributed by atoms with Gasteiger partial charge in [0.05, 0.1) is 28.8 Å². The summed E-state index contributed by atoms with van der Waals surface area (Å²) in [6, 6.07) is 12.7. The van der Waals surface area contributed by atoms with Gasteiger partial charge in [0.2, 0.25) is 17.7 Å². The molecule has 0 saturated carbocycles. The fourth-order valence-corrected chi connectivity index (χ4v) is 8.02. The van der Waals surface area contributed by atoms with Crippen LogP contribution in [-0.2, 0) is 31.1 Å². The minimum atomic E-state index is -0.834. The monoisotopic (exact) mass is 585 g/mol. The molecule has 2 aliphatic rings. The largest absolute Gasteiger partial charge is 0.462 e. The highest BCUT2D eigenvalue weighted by atomic mass is 35.5. The number of aromatic nitrogens is 1. The average Bonchev–Trinajstić information content (AvgIpc) is 3.34. The summed E-state index contributed by atoms with van der Waals surface area (Å²) in [5, 5.41) is 3.02. The molecule has 39 heavy (non-hydrogen) atoms. The van der Waals surface area contributed by atoms with Crippen molar-refractivity contribution in [3.05, 3.63) is 73.7 Å². The van der Waals surface area contributed by atoms with E-state index in [-0.39, 0.29) is 23.9 Å². The van der Waals surface area contributed by atoms with Crippen LogP contribution in [0, 0.1) is 5.92 Å². The van der Waals surface area contributed by atoms with Gasteiger partial charge in [-0.1, -0.05) is 48.5 Å². The third kappa shape index (κ3) is 4.79. The van der Waals surface area contributed by atoms with Gasteiger partial charge in [-0.2, -0.15) is 0 Å². The van der Waals surface area contributed by atoms with Crippen LogP contribution in [0.4, 0.5) is 11.4 Å². The zero-order valence-corrected chi connectivity index (χ0v) is 23.6.